The molecule has 0 amide bonds. The summed E-state index contributed by atoms with van der Waals surface area (Å²) in [4.78, 5) is -0.266. The van der Waals surface area contributed by atoms with E-state index >= 15 is 0 Å². The molecule has 0 aliphatic rings. The Morgan fingerprint density at radius 1 is 1.53 bits per heavy atom. The molecule has 17 heavy (non-hydrogen) atoms. The van der Waals surface area contributed by atoms with Gasteiger partial charge in [-0.25, -0.2) is 12.8 Å². The standard InChI is InChI=1S/C11H11ClFNO2S/c1-8(5-6-12)17(15,16)11-4-2-3-10(13)9(11)7-14/h2-4,8H,5-6H2,1H3. The zero-order valence-corrected chi connectivity index (χ0v) is 10.7. The quantitative estimate of drug-likeness (QED) is 0.793. The van der Waals surface area contributed by atoms with Gasteiger partial charge in [0.2, 0.25) is 0 Å². The highest BCUT2D eigenvalue weighted by Crippen LogP contribution is 2.23. The average Bonchev–Trinajstić information content (AvgIpc) is 2.29. The van der Waals surface area contributed by atoms with Crippen LogP contribution in [0, 0.1) is 17.1 Å². The molecule has 0 aliphatic carbocycles. The highest BCUT2D eigenvalue weighted by Gasteiger charge is 2.26. The molecule has 0 saturated heterocycles. The predicted molar refractivity (Wildman–Crippen MR) is 63.1 cm³/mol. The third-order valence-electron chi connectivity index (χ3n) is 2.44. The Bertz CT molecular complexity index is 551. The Kier molecular flexibility index (Phi) is 4.49. The normalized spacial score (nSPS) is 13.1. The molecule has 6 heteroatoms. The van der Waals surface area contributed by atoms with Gasteiger partial charge >= 0.3 is 0 Å². The lowest BCUT2D eigenvalue weighted by atomic mass is 10.2. The number of hydrogen-bond donors (Lipinski definition) is 0. The Morgan fingerprint density at radius 2 is 2.18 bits per heavy atom. The summed E-state index contributed by atoms with van der Waals surface area (Å²) in [5.74, 6) is -0.635. The molecule has 1 rings (SSSR count). The van der Waals surface area contributed by atoms with Crippen LogP contribution in [0.5, 0.6) is 0 Å². The van der Waals surface area contributed by atoms with Crippen LogP contribution in [-0.4, -0.2) is 19.5 Å². The molecule has 1 unspecified atom stereocenters. The Hall–Kier alpha value is -1.12. The zero-order valence-electron chi connectivity index (χ0n) is 9.15. The van der Waals surface area contributed by atoms with E-state index in [1.807, 2.05) is 0 Å². The van der Waals surface area contributed by atoms with E-state index in [0.717, 1.165) is 6.07 Å². The molecule has 0 aromatic heterocycles. The van der Waals surface area contributed by atoms with Crippen LogP contribution in [0.4, 0.5) is 4.39 Å². The van der Waals surface area contributed by atoms with Crippen LogP contribution >= 0.6 is 11.6 Å². The molecule has 92 valence electrons. The first-order chi connectivity index (χ1) is 7.95. The predicted octanol–water partition coefficient (Wildman–Crippen LogP) is 2.49. The molecular formula is C11H11ClFNO2S. The van der Waals surface area contributed by atoms with Crippen molar-refractivity contribution < 1.29 is 12.8 Å². The van der Waals surface area contributed by atoms with Gasteiger partial charge in [0.15, 0.2) is 9.84 Å². The maximum absolute atomic E-state index is 13.3. The van der Waals surface area contributed by atoms with E-state index in [2.05, 4.69) is 0 Å². The summed E-state index contributed by atoms with van der Waals surface area (Å²) in [6, 6.07) is 5.15. The van der Waals surface area contributed by atoms with E-state index in [4.69, 9.17) is 16.9 Å². The smallest absolute Gasteiger partial charge is 0.182 e. The van der Waals surface area contributed by atoms with Gasteiger partial charge in [0, 0.05) is 5.88 Å². The van der Waals surface area contributed by atoms with Gasteiger partial charge in [0.05, 0.1) is 10.1 Å². The first-order valence-electron chi connectivity index (χ1n) is 4.93. The first kappa shape index (κ1) is 13.9. The molecular weight excluding hydrogens is 265 g/mol. The minimum absolute atomic E-state index is 0.192. The van der Waals surface area contributed by atoms with Crippen LogP contribution in [0.1, 0.15) is 18.9 Å². The number of halogens is 2. The van der Waals surface area contributed by atoms with Crippen molar-refractivity contribution in [2.24, 2.45) is 0 Å². The van der Waals surface area contributed by atoms with E-state index in [1.165, 1.54) is 19.1 Å². The minimum atomic E-state index is -3.71. The van der Waals surface area contributed by atoms with Crippen molar-refractivity contribution in [1.82, 2.24) is 0 Å². The van der Waals surface area contributed by atoms with Crippen LogP contribution in [0.3, 0.4) is 0 Å². The van der Waals surface area contributed by atoms with Crippen molar-refractivity contribution >= 4 is 21.4 Å². The number of alkyl halides is 1. The number of sulfone groups is 1. The first-order valence-corrected chi connectivity index (χ1v) is 7.01. The SMILES string of the molecule is CC(CCCl)S(=O)(=O)c1cccc(F)c1C#N. The fourth-order valence-corrected chi connectivity index (χ4v) is 3.39. The monoisotopic (exact) mass is 275 g/mol. The Balaban J connectivity index is 3.35. The molecule has 0 aliphatic heterocycles. The lowest BCUT2D eigenvalue weighted by molar-refractivity contribution is 0.576. The van der Waals surface area contributed by atoms with Gasteiger partial charge < -0.3 is 0 Å². The molecule has 0 bridgehead atoms. The van der Waals surface area contributed by atoms with Crippen molar-refractivity contribution in [3.05, 3.63) is 29.6 Å². The summed E-state index contributed by atoms with van der Waals surface area (Å²) >= 11 is 5.49. The molecule has 0 fully saturated rings. The summed E-state index contributed by atoms with van der Waals surface area (Å²) in [5.41, 5.74) is -0.436. The van der Waals surface area contributed by atoms with Crippen LogP contribution in [0.15, 0.2) is 23.1 Å². The number of benzene rings is 1. The van der Waals surface area contributed by atoms with Crippen molar-refractivity contribution in [3.8, 4) is 6.07 Å². The van der Waals surface area contributed by atoms with E-state index in [9.17, 15) is 12.8 Å². The molecule has 1 atom stereocenters. The van der Waals surface area contributed by atoms with Crippen LogP contribution in [0.2, 0.25) is 0 Å². The van der Waals surface area contributed by atoms with Gasteiger partial charge in [-0.15, -0.1) is 11.6 Å². The second-order valence-electron chi connectivity index (χ2n) is 3.56. The highest BCUT2D eigenvalue weighted by molar-refractivity contribution is 7.92. The topological polar surface area (TPSA) is 57.9 Å². The lowest BCUT2D eigenvalue weighted by Crippen LogP contribution is -2.20. The molecule has 0 N–H and O–H groups in total. The molecule has 0 spiro atoms. The molecule has 0 saturated carbocycles. The third kappa shape index (κ3) is 2.76. The molecule has 1 aromatic carbocycles. The van der Waals surface area contributed by atoms with E-state index in [1.54, 1.807) is 6.07 Å². The number of nitrogens with zero attached hydrogens (tertiary/aromatic N) is 1. The fourth-order valence-electron chi connectivity index (χ4n) is 1.38. The summed E-state index contributed by atoms with van der Waals surface area (Å²) in [6.07, 6.45) is 0.255. The molecule has 1 aromatic rings. The van der Waals surface area contributed by atoms with Crippen molar-refractivity contribution in [3.63, 3.8) is 0 Å². The Labute approximate surface area is 105 Å². The summed E-state index contributed by atoms with van der Waals surface area (Å²) in [6.45, 7) is 1.49. The second-order valence-corrected chi connectivity index (χ2v) is 6.27. The van der Waals surface area contributed by atoms with Crippen LogP contribution < -0.4 is 0 Å². The largest absolute Gasteiger partial charge is 0.223 e. The van der Waals surface area contributed by atoms with Crippen LogP contribution in [-0.2, 0) is 9.84 Å². The van der Waals surface area contributed by atoms with Gasteiger partial charge in [-0.2, -0.15) is 5.26 Å². The number of nitriles is 1. The summed E-state index contributed by atoms with van der Waals surface area (Å²) in [7, 11) is -3.71. The van der Waals surface area contributed by atoms with E-state index in [0.29, 0.717) is 0 Å². The van der Waals surface area contributed by atoms with E-state index in [-0.39, 0.29) is 17.2 Å². The Morgan fingerprint density at radius 3 is 2.71 bits per heavy atom. The van der Waals surface area contributed by atoms with Crippen LogP contribution in [0.25, 0.3) is 0 Å². The zero-order chi connectivity index (χ0) is 13.1. The maximum atomic E-state index is 13.3. The van der Waals surface area contributed by atoms with Gasteiger partial charge in [0.25, 0.3) is 0 Å². The number of rotatable bonds is 4. The van der Waals surface area contributed by atoms with Gasteiger partial charge in [-0.3, -0.25) is 0 Å². The van der Waals surface area contributed by atoms with Crippen molar-refractivity contribution in [2.45, 2.75) is 23.5 Å². The van der Waals surface area contributed by atoms with Gasteiger partial charge in [0.1, 0.15) is 17.4 Å². The van der Waals surface area contributed by atoms with Crippen molar-refractivity contribution in [2.75, 3.05) is 5.88 Å². The van der Waals surface area contributed by atoms with Gasteiger partial charge in [-0.05, 0) is 25.5 Å². The third-order valence-corrected chi connectivity index (χ3v) is 4.91. The fraction of sp³-hybridized carbons (Fsp3) is 0.364. The van der Waals surface area contributed by atoms with E-state index < -0.39 is 26.5 Å². The second kappa shape index (κ2) is 5.48. The summed E-state index contributed by atoms with van der Waals surface area (Å²) in [5, 5.41) is 8.05. The summed E-state index contributed by atoms with van der Waals surface area (Å²) < 4.78 is 37.5. The minimum Gasteiger partial charge on any atom is -0.223 e. The molecule has 3 nitrogen and oxygen atoms in total. The maximum Gasteiger partial charge on any atom is 0.182 e. The lowest BCUT2D eigenvalue weighted by Gasteiger charge is -2.12. The molecule has 0 heterocycles. The average molecular weight is 276 g/mol. The number of hydrogen-bond acceptors (Lipinski definition) is 3. The highest BCUT2D eigenvalue weighted by atomic mass is 35.5. The van der Waals surface area contributed by atoms with Crippen molar-refractivity contribution in [1.29, 1.82) is 5.26 Å². The molecule has 0 radical (unpaired) electrons. The van der Waals surface area contributed by atoms with Gasteiger partial charge in [-0.1, -0.05) is 6.07 Å².